The Bertz CT molecular complexity index is 1200. The van der Waals surface area contributed by atoms with Crippen LogP contribution in [0.25, 0.3) is 0 Å². The van der Waals surface area contributed by atoms with E-state index in [1.807, 2.05) is 19.1 Å². The number of oxime groups is 1. The van der Waals surface area contributed by atoms with Crippen LogP contribution in [0.2, 0.25) is 0 Å². The van der Waals surface area contributed by atoms with Gasteiger partial charge < -0.3 is 19.5 Å². The maximum absolute atomic E-state index is 12.8. The minimum Gasteiger partial charge on any atom is -0.493 e. The molecule has 0 saturated carbocycles. The summed E-state index contributed by atoms with van der Waals surface area (Å²) < 4.78 is 15.9. The van der Waals surface area contributed by atoms with Gasteiger partial charge in [-0.25, -0.2) is 4.79 Å². The van der Waals surface area contributed by atoms with Gasteiger partial charge in [-0.2, -0.15) is 0 Å². The van der Waals surface area contributed by atoms with Crippen molar-refractivity contribution < 1.29 is 28.6 Å². The van der Waals surface area contributed by atoms with E-state index in [2.05, 4.69) is 15.8 Å². The first-order valence-electron chi connectivity index (χ1n) is 10.7. The monoisotopic (exact) mass is 477 g/mol. The predicted octanol–water partition coefficient (Wildman–Crippen LogP) is 5.25. The van der Waals surface area contributed by atoms with E-state index in [1.54, 1.807) is 55.5 Å². The molecule has 2 N–H and O–H groups in total. The van der Waals surface area contributed by atoms with Gasteiger partial charge in [-0.15, -0.1) is 0 Å². The Balaban J connectivity index is 1.63. The van der Waals surface area contributed by atoms with Crippen LogP contribution in [0.4, 0.5) is 16.2 Å². The van der Waals surface area contributed by atoms with Crippen molar-refractivity contribution in [2.45, 2.75) is 13.8 Å². The Labute approximate surface area is 203 Å². The molecule has 35 heavy (non-hydrogen) atoms. The zero-order valence-electron chi connectivity index (χ0n) is 20.2. The fourth-order valence-electron chi connectivity index (χ4n) is 3.15. The van der Waals surface area contributed by atoms with Crippen LogP contribution in [0.15, 0.2) is 65.8 Å². The lowest BCUT2D eigenvalue weighted by atomic mass is 10.1. The first-order valence-corrected chi connectivity index (χ1v) is 10.7. The van der Waals surface area contributed by atoms with Gasteiger partial charge in [0.05, 0.1) is 27.0 Å². The maximum atomic E-state index is 12.8. The molecule has 0 atom stereocenters. The number of hydrogen-bond acceptors (Lipinski definition) is 7. The van der Waals surface area contributed by atoms with E-state index in [0.29, 0.717) is 39.9 Å². The third-order valence-electron chi connectivity index (χ3n) is 5.05. The Hall–Kier alpha value is -4.53. The van der Waals surface area contributed by atoms with Gasteiger partial charge in [-0.1, -0.05) is 35.0 Å². The summed E-state index contributed by atoms with van der Waals surface area (Å²) in [7, 11) is 4.46. The highest BCUT2D eigenvalue weighted by Crippen LogP contribution is 2.38. The number of carbonyl (C=O) groups is 2. The van der Waals surface area contributed by atoms with Crippen LogP contribution in [0, 0.1) is 6.92 Å². The zero-order valence-corrected chi connectivity index (χ0v) is 20.2. The second-order valence-corrected chi connectivity index (χ2v) is 7.49. The number of amides is 2. The van der Waals surface area contributed by atoms with E-state index in [1.165, 1.54) is 21.3 Å². The molecule has 9 heteroatoms. The van der Waals surface area contributed by atoms with Crippen molar-refractivity contribution in [2.24, 2.45) is 5.16 Å². The van der Waals surface area contributed by atoms with Crippen LogP contribution >= 0.6 is 0 Å². The van der Waals surface area contributed by atoms with E-state index in [-0.39, 0.29) is 5.91 Å². The van der Waals surface area contributed by atoms with Crippen LogP contribution in [-0.2, 0) is 4.84 Å². The number of nitrogens with one attached hydrogen (secondary N) is 2. The normalized spacial score (nSPS) is 10.8. The van der Waals surface area contributed by atoms with Gasteiger partial charge in [0.25, 0.3) is 5.91 Å². The van der Waals surface area contributed by atoms with Crippen molar-refractivity contribution in [3.05, 3.63) is 77.4 Å². The molecule has 182 valence electrons. The SMILES string of the molecule is COc1cc(C(=O)Nc2ccc(C(C)=NOC(=O)Nc3ccc(C)cc3)cc2)cc(OC)c1OC. The van der Waals surface area contributed by atoms with E-state index >= 15 is 0 Å². The van der Waals surface area contributed by atoms with Gasteiger partial charge >= 0.3 is 6.09 Å². The summed E-state index contributed by atoms with van der Waals surface area (Å²) in [4.78, 5) is 29.7. The zero-order chi connectivity index (χ0) is 25.4. The molecule has 0 heterocycles. The molecule has 0 bridgehead atoms. The fraction of sp³-hybridized carbons (Fsp3) is 0.192. The molecule has 0 aliphatic heterocycles. The van der Waals surface area contributed by atoms with Crippen LogP contribution in [0.1, 0.15) is 28.4 Å². The standard InChI is InChI=1S/C26H27N3O6/c1-16-6-10-21(11-7-16)28-26(31)35-29-17(2)18-8-12-20(13-9-18)27-25(30)19-14-22(32-3)24(34-5)23(15-19)33-4/h6-15H,1-5H3,(H,27,30)(H,28,31). The quantitative estimate of drug-likeness (QED) is 0.261. The number of carbonyl (C=O) groups excluding carboxylic acids is 2. The molecule has 0 saturated heterocycles. The van der Waals surface area contributed by atoms with Gasteiger partial charge in [-0.05, 0) is 55.8 Å². The number of nitrogens with zero attached hydrogens (tertiary/aromatic N) is 1. The summed E-state index contributed by atoms with van der Waals surface area (Å²) in [5, 5.41) is 9.30. The predicted molar refractivity (Wildman–Crippen MR) is 134 cm³/mol. The highest BCUT2D eigenvalue weighted by atomic mass is 16.7. The molecule has 0 aliphatic carbocycles. The van der Waals surface area contributed by atoms with Gasteiger partial charge in [0.1, 0.15) is 0 Å². The summed E-state index contributed by atoms with van der Waals surface area (Å²) in [5.41, 5.74) is 3.82. The number of anilines is 2. The minimum atomic E-state index is -0.692. The highest BCUT2D eigenvalue weighted by Gasteiger charge is 2.17. The fourth-order valence-corrected chi connectivity index (χ4v) is 3.15. The number of benzene rings is 3. The molecule has 9 nitrogen and oxygen atoms in total. The molecule has 0 fully saturated rings. The van der Waals surface area contributed by atoms with Crippen molar-refractivity contribution in [3.8, 4) is 17.2 Å². The Kier molecular flexibility index (Phi) is 8.29. The molecule has 3 aromatic rings. The molecular formula is C26H27N3O6. The van der Waals surface area contributed by atoms with Crippen molar-refractivity contribution in [3.63, 3.8) is 0 Å². The van der Waals surface area contributed by atoms with E-state index in [9.17, 15) is 9.59 Å². The van der Waals surface area contributed by atoms with Crippen molar-refractivity contribution in [2.75, 3.05) is 32.0 Å². The number of ether oxygens (including phenoxy) is 3. The van der Waals surface area contributed by atoms with Crippen LogP contribution in [0.5, 0.6) is 17.2 Å². The van der Waals surface area contributed by atoms with E-state index in [0.717, 1.165) is 11.1 Å². The summed E-state index contributed by atoms with van der Waals surface area (Å²) >= 11 is 0. The summed E-state index contributed by atoms with van der Waals surface area (Å²) in [6.45, 7) is 3.67. The molecule has 0 radical (unpaired) electrons. The molecule has 0 spiro atoms. The Morgan fingerprint density at radius 1 is 0.743 bits per heavy atom. The van der Waals surface area contributed by atoms with E-state index < -0.39 is 6.09 Å². The molecule has 0 aliphatic rings. The average Bonchev–Trinajstić information content (AvgIpc) is 2.88. The number of hydrogen-bond donors (Lipinski definition) is 2. The van der Waals surface area contributed by atoms with Gasteiger partial charge in [-0.3, -0.25) is 14.9 Å². The maximum Gasteiger partial charge on any atom is 0.437 e. The van der Waals surface area contributed by atoms with E-state index in [4.69, 9.17) is 19.0 Å². The van der Waals surface area contributed by atoms with Crippen molar-refractivity contribution >= 4 is 29.1 Å². The lowest BCUT2D eigenvalue weighted by Crippen LogP contribution is -2.13. The molecule has 3 aromatic carbocycles. The minimum absolute atomic E-state index is 0.342. The number of aryl methyl sites for hydroxylation is 1. The largest absolute Gasteiger partial charge is 0.493 e. The third-order valence-corrected chi connectivity index (χ3v) is 5.05. The van der Waals surface area contributed by atoms with Crippen LogP contribution in [0.3, 0.4) is 0 Å². The molecule has 0 unspecified atom stereocenters. The average molecular weight is 478 g/mol. The summed E-state index contributed by atoms with van der Waals surface area (Å²) in [5.74, 6) is 0.815. The third kappa shape index (κ3) is 6.50. The lowest BCUT2D eigenvalue weighted by Gasteiger charge is -2.14. The van der Waals surface area contributed by atoms with Gasteiger partial charge in [0.2, 0.25) is 5.75 Å². The smallest absolute Gasteiger partial charge is 0.437 e. The van der Waals surface area contributed by atoms with Gasteiger partial charge in [0.15, 0.2) is 11.5 Å². The first-order chi connectivity index (χ1) is 16.8. The molecular weight excluding hydrogens is 450 g/mol. The summed E-state index contributed by atoms with van der Waals surface area (Å²) in [6.07, 6.45) is -0.692. The second-order valence-electron chi connectivity index (χ2n) is 7.49. The Morgan fingerprint density at radius 2 is 1.29 bits per heavy atom. The topological polar surface area (TPSA) is 107 Å². The molecule has 3 rings (SSSR count). The Morgan fingerprint density at radius 3 is 1.83 bits per heavy atom. The van der Waals surface area contributed by atoms with Crippen molar-refractivity contribution in [1.82, 2.24) is 0 Å². The molecule has 0 aromatic heterocycles. The van der Waals surface area contributed by atoms with Crippen LogP contribution < -0.4 is 24.8 Å². The van der Waals surface area contributed by atoms with Gasteiger partial charge in [0, 0.05) is 16.9 Å². The van der Waals surface area contributed by atoms with Crippen molar-refractivity contribution in [1.29, 1.82) is 0 Å². The summed E-state index contributed by atoms with van der Waals surface area (Å²) in [6, 6.07) is 17.4. The highest BCUT2D eigenvalue weighted by molar-refractivity contribution is 6.05. The second kappa shape index (κ2) is 11.6. The first kappa shape index (κ1) is 25.1. The van der Waals surface area contributed by atoms with Crippen LogP contribution in [-0.4, -0.2) is 39.0 Å². The number of rotatable bonds is 8. The number of methoxy groups -OCH3 is 3. The molecule has 2 amide bonds. The lowest BCUT2D eigenvalue weighted by molar-refractivity contribution is 0.102.